The van der Waals surface area contributed by atoms with Gasteiger partial charge in [0.05, 0.1) is 5.69 Å². The predicted octanol–water partition coefficient (Wildman–Crippen LogP) is 2.69. The number of benzene rings is 1. The van der Waals surface area contributed by atoms with Crippen molar-refractivity contribution < 1.29 is 4.39 Å². The number of nitrogen functional groups attached to an aromatic ring is 1. The van der Waals surface area contributed by atoms with Crippen LogP contribution < -0.4 is 11.1 Å². The minimum absolute atomic E-state index is 0.258. The van der Waals surface area contributed by atoms with Crippen LogP contribution in [0.1, 0.15) is 26.2 Å². The molecule has 0 spiro atoms. The molecule has 0 bridgehead atoms. The van der Waals surface area contributed by atoms with Crippen molar-refractivity contribution in [3.8, 4) is 0 Å². The lowest BCUT2D eigenvalue weighted by molar-refractivity contribution is 0.219. The summed E-state index contributed by atoms with van der Waals surface area (Å²) < 4.78 is 13.6. The first kappa shape index (κ1) is 13.1. The van der Waals surface area contributed by atoms with Gasteiger partial charge in [0.25, 0.3) is 0 Å². The number of piperidine rings is 1. The molecule has 0 unspecified atom stereocenters. The van der Waals surface area contributed by atoms with Crippen molar-refractivity contribution in [2.75, 3.05) is 30.7 Å². The van der Waals surface area contributed by atoms with E-state index in [0.717, 1.165) is 25.9 Å². The minimum Gasteiger partial charge on any atom is -0.399 e. The van der Waals surface area contributed by atoms with Crippen LogP contribution in [0, 0.1) is 5.82 Å². The number of anilines is 2. The summed E-state index contributed by atoms with van der Waals surface area (Å²) in [5.74, 6) is -0.258. The van der Waals surface area contributed by atoms with E-state index in [1.165, 1.54) is 19.0 Å². The van der Waals surface area contributed by atoms with Gasteiger partial charge in [-0.3, -0.25) is 0 Å². The Hall–Kier alpha value is -1.29. The smallest absolute Gasteiger partial charge is 0.148 e. The first-order valence-corrected chi connectivity index (χ1v) is 6.73. The Kier molecular flexibility index (Phi) is 4.42. The van der Waals surface area contributed by atoms with Gasteiger partial charge < -0.3 is 16.0 Å². The highest BCUT2D eigenvalue weighted by Crippen LogP contribution is 2.21. The van der Waals surface area contributed by atoms with Crippen LogP contribution in [0.4, 0.5) is 15.8 Å². The van der Waals surface area contributed by atoms with Gasteiger partial charge in [-0.1, -0.05) is 6.92 Å². The second-order valence-corrected chi connectivity index (χ2v) is 5.00. The van der Waals surface area contributed by atoms with E-state index in [1.807, 2.05) is 0 Å². The van der Waals surface area contributed by atoms with Gasteiger partial charge in [-0.2, -0.15) is 0 Å². The minimum atomic E-state index is -0.258. The molecule has 1 aromatic rings. The number of halogens is 1. The van der Waals surface area contributed by atoms with Crippen molar-refractivity contribution in [3.05, 3.63) is 24.0 Å². The van der Waals surface area contributed by atoms with Crippen LogP contribution in [-0.4, -0.2) is 30.6 Å². The van der Waals surface area contributed by atoms with E-state index >= 15 is 0 Å². The molecule has 3 nitrogen and oxygen atoms in total. The normalized spacial score (nSPS) is 17.9. The molecule has 0 amide bonds. The third-order valence-electron chi connectivity index (χ3n) is 3.48. The Morgan fingerprint density at radius 3 is 2.72 bits per heavy atom. The molecule has 1 aliphatic heterocycles. The van der Waals surface area contributed by atoms with Gasteiger partial charge in [0, 0.05) is 24.8 Å². The zero-order valence-corrected chi connectivity index (χ0v) is 11.0. The highest BCUT2D eigenvalue weighted by atomic mass is 19.1. The average molecular weight is 251 g/mol. The Morgan fingerprint density at radius 2 is 2.11 bits per heavy atom. The highest BCUT2D eigenvalue weighted by molar-refractivity contribution is 5.53. The van der Waals surface area contributed by atoms with Crippen molar-refractivity contribution in [1.82, 2.24) is 4.90 Å². The van der Waals surface area contributed by atoms with E-state index in [0.29, 0.717) is 17.4 Å². The molecule has 0 aliphatic carbocycles. The molecule has 1 aliphatic rings. The monoisotopic (exact) mass is 251 g/mol. The Bertz CT molecular complexity index is 387. The second kappa shape index (κ2) is 6.05. The summed E-state index contributed by atoms with van der Waals surface area (Å²) in [5, 5.41) is 3.28. The first-order valence-electron chi connectivity index (χ1n) is 6.73. The number of likely N-dealkylation sites (tertiary alicyclic amines) is 1. The molecule has 0 aromatic heterocycles. The summed E-state index contributed by atoms with van der Waals surface area (Å²) in [6.45, 7) is 5.57. The maximum absolute atomic E-state index is 13.6. The first-order chi connectivity index (χ1) is 8.69. The van der Waals surface area contributed by atoms with E-state index in [9.17, 15) is 4.39 Å². The van der Waals surface area contributed by atoms with E-state index in [-0.39, 0.29) is 5.82 Å². The Balaban J connectivity index is 1.87. The van der Waals surface area contributed by atoms with Crippen LogP contribution in [0.2, 0.25) is 0 Å². The third kappa shape index (κ3) is 3.35. The van der Waals surface area contributed by atoms with Crippen LogP contribution in [0.5, 0.6) is 0 Å². The second-order valence-electron chi connectivity index (χ2n) is 5.00. The van der Waals surface area contributed by atoms with Gasteiger partial charge >= 0.3 is 0 Å². The molecule has 0 atom stereocenters. The van der Waals surface area contributed by atoms with Gasteiger partial charge in [-0.15, -0.1) is 0 Å². The van der Waals surface area contributed by atoms with Gasteiger partial charge in [0.1, 0.15) is 5.82 Å². The number of hydrogen-bond acceptors (Lipinski definition) is 3. The van der Waals surface area contributed by atoms with Crippen molar-refractivity contribution >= 4 is 11.4 Å². The van der Waals surface area contributed by atoms with Crippen molar-refractivity contribution in [3.63, 3.8) is 0 Å². The summed E-state index contributed by atoms with van der Waals surface area (Å²) in [7, 11) is 0. The van der Waals surface area contributed by atoms with Crippen LogP contribution in [0.3, 0.4) is 0 Å². The fourth-order valence-corrected chi connectivity index (χ4v) is 2.49. The van der Waals surface area contributed by atoms with Gasteiger partial charge in [0.2, 0.25) is 0 Å². The summed E-state index contributed by atoms with van der Waals surface area (Å²) in [5.41, 5.74) is 6.57. The zero-order chi connectivity index (χ0) is 13.0. The van der Waals surface area contributed by atoms with Crippen LogP contribution in [0.15, 0.2) is 18.2 Å². The van der Waals surface area contributed by atoms with Crippen molar-refractivity contribution in [2.45, 2.75) is 32.2 Å². The molecule has 0 saturated carbocycles. The fraction of sp³-hybridized carbons (Fsp3) is 0.571. The van der Waals surface area contributed by atoms with Gasteiger partial charge in [-0.25, -0.2) is 4.39 Å². The number of nitrogens with two attached hydrogens (primary N) is 1. The highest BCUT2D eigenvalue weighted by Gasteiger charge is 2.19. The maximum atomic E-state index is 13.6. The standard InChI is InChI=1S/C14H22FN3/c1-2-7-18-8-5-12(6-9-18)17-14-4-3-11(16)10-13(14)15/h3-4,10,12,17H,2,5-9,16H2,1H3. The Morgan fingerprint density at radius 1 is 1.39 bits per heavy atom. The molecule has 2 rings (SSSR count). The number of hydrogen-bond donors (Lipinski definition) is 2. The van der Waals surface area contributed by atoms with E-state index in [2.05, 4.69) is 17.1 Å². The molecular weight excluding hydrogens is 229 g/mol. The average Bonchev–Trinajstić information content (AvgIpc) is 2.35. The molecule has 3 N–H and O–H groups in total. The molecule has 18 heavy (non-hydrogen) atoms. The summed E-state index contributed by atoms with van der Waals surface area (Å²) in [4.78, 5) is 2.47. The SMILES string of the molecule is CCCN1CCC(Nc2ccc(N)cc2F)CC1. The quantitative estimate of drug-likeness (QED) is 0.808. The van der Waals surface area contributed by atoms with Crippen LogP contribution in [-0.2, 0) is 0 Å². The Labute approximate surface area is 108 Å². The molecule has 1 aromatic carbocycles. The van der Waals surface area contributed by atoms with Crippen LogP contribution in [0.25, 0.3) is 0 Å². The van der Waals surface area contributed by atoms with Crippen LogP contribution >= 0.6 is 0 Å². The van der Waals surface area contributed by atoms with E-state index in [4.69, 9.17) is 5.73 Å². The summed E-state index contributed by atoms with van der Waals surface area (Å²) >= 11 is 0. The fourth-order valence-electron chi connectivity index (χ4n) is 2.49. The zero-order valence-electron chi connectivity index (χ0n) is 11.0. The number of rotatable bonds is 4. The molecule has 0 radical (unpaired) electrons. The van der Waals surface area contributed by atoms with Crippen molar-refractivity contribution in [2.24, 2.45) is 0 Å². The molecular formula is C14H22FN3. The molecule has 1 fully saturated rings. The summed E-state index contributed by atoms with van der Waals surface area (Å²) in [6.07, 6.45) is 3.35. The number of nitrogens with zero attached hydrogens (tertiary/aromatic N) is 1. The van der Waals surface area contributed by atoms with E-state index in [1.54, 1.807) is 12.1 Å². The van der Waals surface area contributed by atoms with Crippen molar-refractivity contribution in [1.29, 1.82) is 0 Å². The largest absolute Gasteiger partial charge is 0.399 e. The topological polar surface area (TPSA) is 41.3 Å². The lowest BCUT2D eigenvalue weighted by Crippen LogP contribution is -2.39. The third-order valence-corrected chi connectivity index (χ3v) is 3.48. The molecule has 4 heteroatoms. The molecule has 100 valence electrons. The lowest BCUT2D eigenvalue weighted by atomic mass is 10.0. The predicted molar refractivity (Wildman–Crippen MR) is 74.2 cm³/mol. The van der Waals surface area contributed by atoms with Gasteiger partial charge in [-0.05, 0) is 44.0 Å². The molecule has 1 saturated heterocycles. The number of nitrogens with one attached hydrogen (secondary N) is 1. The lowest BCUT2D eigenvalue weighted by Gasteiger charge is -2.32. The maximum Gasteiger partial charge on any atom is 0.148 e. The van der Waals surface area contributed by atoms with E-state index < -0.39 is 0 Å². The summed E-state index contributed by atoms with van der Waals surface area (Å²) in [6, 6.07) is 5.20. The molecule has 1 heterocycles. The van der Waals surface area contributed by atoms with Gasteiger partial charge in [0.15, 0.2) is 0 Å².